The zero-order valence-corrected chi connectivity index (χ0v) is 9.87. The first-order valence-corrected chi connectivity index (χ1v) is 5.84. The molecule has 1 heterocycles. The van der Waals surface area contributed by atoms with E-state index >= 15 is 0 Å². The zero-order valence-electron chi connectivity index (χ0n) is 9.05. The van der Waals surface area contributed by atoms with E-state index in [0.29, 0.717) is 6.61 Å². The molecule has 0 saturated carbocycles. The van der Waals surface area contributed by atoms with Crippen molar-refractivity contribution in [1.29, 1.82) is 0 Å². The lowest BCUT2D eigenvalue weighted by Gasteiger charge is -2.01. The van der Waals surface area contributed by atoms with Crippen LogP contribution in [0.5, 0.6) is 0 Å². The highest BCUT2D eigenvalue weighted by Gasteiger charge is 1.98. The summed E-state index contributed by atoms with van der Waals surface area (Å²) in [6.45, 7) is 2.70. The van der Waals surface area contributed by atoms with Crippen molar-refractivity contribution in [1.82, 2.24) is 5.16 Å². The van der Waals surface area contributed by atoms with Crippen LogP contribution in [0.2, 0.25) is 0 Å². The number of hydrogen-bond donors (Lipinski definition) is 0. The largest absolute Gasteiger partial charge is 0.365 e. The molecule has 1 aromatic heterocycles. The van der Waals surface area contributed by atoms with E-state index in [1.54, 1.807) is 6.26 Å². The highest BCUT2D eigenvalue weighted by Crippen LogP contribution is 2.19. The van der Waals surface area contributed by atoms with Gasteiger partial charge in [-0.1, -0.05) is 22.9 Å². The maximum Gasteiger partial charge on any atom is 0.124 e. The topological polar surface area (TPSA) is 35.3 Å². The van der Waals surface area contributed by atoms with Crippen LogP contribution in [0.25, 0.3) is 0 Å². The molecule has 3 nitrogen and oxygen atoms in total. The van der Waals surface area contributed by atoms with E-state index in [4.69, 9.17) is 8.71 Å². The zero-order chi connectivity index (χ0) is 11.2. The molecule has 0 aliphatic rings. The van der Waals surface area contributed by atoms with Crippen molar-refractivity contribution in [2.24, 2.45) is 0 Å². The lowest BCUT2D eigenvalue weighted by molar-refractivity contribution is 0.364. The van der Waals surface area contributed by atoms with E-state index in [9.17, 15) is 0 Å². The molecule has 0 aliphatic heterocycles. The fraction of sp³-hybridized carbons (Fsp3) is 0.250. The molecule has 0 radical (unpaired) electrons. The number of aryl methyl sites for hydroxylation is 1. The fourth-order valence-corrected chi connectivity index (χ4v) is 1.77. The van der Waals surface area contributed by atoms with E-state index in [1.165, 1.54) is 17.6 Å². The Labute approximate surface area is 99.0 Å². The molecule has 0 saturated heterocycles. The molecular weight excluding hydrogens is 222 g/mol. The molecule has 4 heteroatoms. The van der Waals surface area contributed by atoms with E-state index in [1.807, 2.05) is 6.07 Å². The van der Waals surface area contributed by atoms with Gasteiger partial charge < -0.3 is 8.71 Å². The first-order valence-electron chi connectivity index (χ1n) is 5.10. The second kappa shape index (κ2) is 5.72. The Bertz CT molecular complexity index is 411. The second-order valence-corrected chi connectivity index (χ2v) is 4.33. The van der Waals surface area contributed by atoms with Crippen LogP contribution < -0.4 is 0 Å². The Kier molecular flexibility index (Phi) is 4.02. The minimum atomic E-state index is 0.630. The summed E-state index contributed by atoms with van der Waals surface area (Å²) in [5, 5.41) is 3.81. The lowest BCUT2D eigenvalue weighted by Crippen LogP contribution is -1.93. The molecule has 0 spiro atoms. The Morgan fingerprint density at radius 3 is 2.75 bits per heavy atom. The van der Waals surface area contributed by atoms with E-state index in [-0.39, 0.29) is 0 Å². The summed E-state index contributed by atoms with van der Waals surface area (Å²) in [5.74, 6) is 0. The third-order valence-corrected chi connectivity index (χ3v) is 2.86. The molecule has 0 atom stereocenters. The molecule has 16 heavy (non-hydrogen) atoms. The molecule has 0 N–H and O–H groups in total. The third kappa shape index (κ3) is 3.40. The summed E-state index contributed by atoms with van der Waals surface area (Å²) in [7, 11) is 0. The van der Waals surface area contributed by atoms with Gasteiger partial charge in [-0.3, -0.25) is 0 Å². The van der Waals surface area contributed by atoms with Crippen molar-refractivity contribution in [2.45, 2.75) is 18.2 Å². The van der Waals surface area contributed by atoms with Gasteiger partial charge >= 0.3 is 0 Å². The number of benzene rings is 1. The summed E-state index contributed by atoms with van der Waals surface area (Å²) in [5.41, 5.74) is 2.18. The Hall–Kier alpha value is -1.26. The van der Waals surface area contributed by atoms with Crippen molar-refractivity contribution < 1.29 is 8.71 Å². The van der Waals surface area contributed by atoms with E-state index in [0.717, 1.165) is 17.0 Å². The highest BCUT2D eigenvalue weighted by atomic mass is 32.2. The number of rotatable bonds is 5. The molecule has 0 fully saturated rings. The van der Waals surface area contributed by atoms with Crippen LogP contribution in [0.1, 0.15) is 11.3 Å². The number of aromatic nitrogens is 1. The van der Waals surface area contributed by atoms with Gasteiger partial charge in [-0.2, -0.15) is 0 Å². The van der Waals surface area contributed by atoms with Crippen LogP contribution in [0.4, 0.5) is 0 Å². The average molecular weight is 235 g/mol. The van der Waals surface area contributed by atoms with Crippen molar-refractivity contribution >= 4 is 12.0 Å². The SMILES string of the molecule is Cc1ccc(SOCCc2ccon2)cc1. The van der Waals surface area contributed by atoms with Crippen molar-refractivity contribution in [3.05, 3.63) is 47.9 Å². The standard InChI is InChI=1S/C12H13NO2S/c1-10-2-4-12(5-3-10)16-15-9-7-11-6-8-14-13-11/h2-6,8H,7,9H2,1H3. The van der Waals surface area contributed by atoms with Gasteiger partial charge in [0.05, 0.1) is 12.3 Å². The Morgan fingerprint density at radius 1 is 1.25 bits per heavy atom. The summed E-state index contributed by atoms with van der Waals surface area (Å²) >= 11 is 1.39. The highest BCUT2D eigenvalue weighted by molar-refractivity contribution is 7.94. The average Bonchev–Trinajstić information content (AvgIpc) is 2.80. The molecule has 0 bridgehead atoms. The summed E-state index contributed by atoms with van der Waals surface area (Å²) in [6.07, 6.45) is 2.35. The van der Waals surface area contributed by atoms with E-state index < -0.39 is 0 Å². The quantitative estimate of drug-likeness (QED) is 0.588. The van der Waals surface area contributed by atoms with Crippen LogP contribution >= 0.6 is 12.0 Å². The molecule has 0 aliphatic carbocycles. The van der Waals surface area contributed by atoms with Gasteiger partial charge in [0.15, 0.2) is 0 Å². The van der Waals surface area contributed by atoms with Gasteiger partial charge in [0, 0.05) is 29.4 Å². The predicted molar refractivity (Wildman–Crippen MR) is 63.2 cm³/mol. The molecule has 2 aromatic rings. The molecule has 84 valence electrons. The maximum absolute atomic E-state index is 5.47. The predicted octanol–water partition coefficient (Wildman–Crippen LogP) is 3.25. The van der Waals surface area contributed by atoms with Gasteiger partial charge in [0.25, 0.3) is 0 Å². The molecule has 0 unspecified atom stereocenters. The van der Waals surface area contributed by atoms with Crippen LogP contribution in [-0.4, -0.2) is 11.8 Å². The van der Waals surface area contributed by atoms with Crippen LogP contribution in [0.15, 0.2) is 46.0 Å². The fourth-order valence-electron chi connectivity index (χ4n) is 1.22. The van der Waals surface area contributed by atoms with Crippen molar-refractivity contribution in [3.8, 4) is 0 Å². The number of nitrogens with zero attached hydrogens (tertiary/aromatic N) is 1. The second-order valence-electron chi connectivity index (χ2n) is 3.46. The summed E-state index contributed by atoms with van der Waals surface area (Å²) < 4.78 is 10.2. The summed E-state index contributed by atoms with van der Waals surface area (Å²) in [6, 6.07) is 10.1. The summed E-state index contributed by atoms with van der Waals surface area (Å²) in [4.78, 5) is 1.12. The van der Waals surface area contributed by atoms with Crippen molar-refractivity contribution in [3.63, 3.8) is 0 Å². The first-order chi connectivity index (χ1) is 7.84. The van der Waals surface area contributed by atoms with Gasteiger partial charge in [-0.25, -0.2) is 0 Å². The third-order valence-electron chi connectivity index (χ3n) is 2.11. The molecule has 2 rings (SSSR count). The van der Waals surface area contributed by atoms with Crippen molar-refractivity contribution in [2.75, 3.05) is 6.61 Å². The molecule has 1 aromatic carbocycles. The Balaban J connectivity index is 1.70. The monoisotopic (exact) mass is 235 g/mol. The minimum absolute atomic E-state index is 0.630. The van der Waals surface area contributed by atoms with Gasteiger partial charge in [0.2, 0.25) is 0 Å². The van der Waals surface area contributed by atoms with Gasteiger partial charge in [0.1, 0.15) is 6.26 Å². The number of hydrogen-bond acceptors (Lipinski definition) is 4. The molecular formula is C12H13NO2S. The first kappa shape index (κ1) is 11.2. The van der Waals surface area contributed by atoms with Crippen LogP contribution in [0, 0.1) is 6.92 Å². The smallest absolute Gasteiger partial charge is 0.124 e. The van der Waals surface area contributed by atoms with E-state index in [2.05, 4.69) is 36.3 Å². The lowest BCUT2D eigenvalue weighted by atomic mass is 10.2. The van der Waals surface area contributed by atoms with Gasteiger partial charge in [-0.05, 0) is 19.1 Å². The minimum Gasteiger partial charge on any atom is -0.365 e. The Morgan fingerprint density at radius 2 is 2.06 bits per heavy atom. The van der Waals surface area contributed by atoms with Gasteiger partial charge in [-0.15, -0.1) is 0 Å². The molecule has 0 amide bonds. The van der Waals surface area contributed by atoms with Crippen LogP contribution in [-0.2, 0) is 10.6 Å². The normalized spacial score (nSPS) is 10.6. The van der Waals surface area contributed by atoms with Crippen LogP contribution in [0.3, 0.4) is 0 Å². The maximum atomic E-state index is 5.47.